The number of para-hydroxylation sites is 1. The Hall–Kier alpha value is -2.09. The van der Waals surface area contributed by atoms with E-state index >= 15 is 0 Å². The number of aromatic nitrogens is 2. The van der Waals surface area contributed by atoms with E-state index in [0.717, 1.165) is 66.5 Å². The van der Waals surface area contributed by atoms with Gasteiger partial charge in [0.25, 0.3) is 0 Å². The molecule has 1 saturated heterocycles. The number of nitrogens with one attached hydrogen (secondary N) is 1. The minimum Gasteiger partial charge on any atom is -0.454 e. The van der Waals surface area contributed by atoms with Crippen LogP contribution >= 0.6 is 13.5 Å². The lowest BCUT2D eigenvalue weighted by molar-refractivity contribution is 0.0980. The molecule has 2 aliphatic heterocycles. The number of benzene rings is 1. The van der Waals surface area contributed by atoms with Crippen LogP contribution in [0.15, 0.2) is 34.7 Å². The van der Waals surface area contributed by atoms with Crippen molar-refractivity contribution in [3.8, 4) is 11.5 Å². The fourth-order valence-corrected chi connectivity index (χ4v) is 3.99. The smallest absolute Gasteiger partial charge is 0.226 e. The number of anilines is 1. The largest absolute Gasteiger partial charge is 0.454 e. The first-order valence-corrected chi connectivity index (χ1v) is 9.73. The zero-order valence-electron chi connectivity index (χ0n) is 16.1. The predicted molar refractivity (Wildman–Crippen MR) is 116 cm³/mol. The second-order valence-corrected chi connectivity index (χ2v) is 7.31. The maximum Gasteiger partial charge on any atom is 0.226 e. The third kappa shape index (κ3) is 3.50. The van der Waals surface area contributed by atoms with E-state index in [1.165, 1.54) is 5.56 Å². The van der Waals surface area contributed by atoms with Gasteiger partial charge in [0.1, 0.15) is 11.3 Å². The summed E-state index contributed by atoms with van der Waals surface area (Å²) in [6.45, 7) is 6.29. The summed E-state index contributed by atoms with van der Waals surface area (Å²) < 4.78 is 11.8. The topological polar surface area (TPSA) is 63.4 Å². The van der Waals surface area contributed by atoms with Crippen LogP contribution < -0.4 is 10.2 Å². The maximum absolute atomic E-state index is 6.18. The van der Waals surface area contributed by atoms with Crippen LogP contribution in [0.25, 0.3) is 22.4 Å². The molecule has 0 spiro atoms. The van der Waals surface area contributed by atoms with E-state index in [1.807, 2.05) is 18.2 Å². The van der Waals surface area contributed by atoms with Crippen molar-refractivity contribution in [1.29, 1.82) is 0 Å². The summed E-state index contributed by atoms with van der Waals surface area (Å²) in [6.07, 6.45) is 1.83. The summed E-state index contributed by atoms with van der Waals surface area (Å²) in [5, 5.41) is 4.58. The van der Waals surface area contributed by atoms with Gasteiger partial charge in [-0.05, 0) is 32.0 Å². The number of fused-ring (bicyclic) bond motifs is 2. The summed E-state index contributed by atoms with van der Waals surface area (Å²) in [5.41, 5.74) is 4.18. The molecule has 2 aliphatic rings. The Kier molecular flexibility index (Phi) is 5.57. The Morgan fingerprint density at radius 3 is 2.86 bits per heavy atom. The van der Waals surface area contributed by atoms with Crippen LogP contribution in [0.2, 0.25) is 0 Å². The minimum atomic E-state index is 0. The van der Waals surface area contributed by atoms with E-state index in [1.54, 1.807) is 0 Å². The molecular formula is C21H26N4O2S. The normalized spacial score (nSPS) is 19.8. The number of ether oxygens (including phenoxy) is 1. The molecule has 0 amide bonds. The van der Waals surface area contributed by atoms with Gasteiger partial charge in [-0.25, -0.2) is 9.97 Å². The van der Waals surface area contributed by atoms with E-state index in [9.17, 15) is 0 Å². The fraction of sp³-hybridized carbons (Fsp3) is 0.429. The second kappa shape index (κ2) is 8.11. The molecule has 0 radical (unpaired) electrons. The van der Waals surface area contributed by atoms with E-state index < -0.39 is 0 Å². The second-order valence-electron chi connectivity index (χ2n) is 7.31. The molecule has 0 saturated carbocycles. The highest BCUT2D eigenvalue weighted by Gasteiger charge is 2.26. The molecule has 5 rings (SSSR count). The molecule has 1 N–H and O–H groups in total. The molecule has 3 aromatic rings. The number of rotatable bonds is 2. The van der Waals surface area contributed by atoms with E-state index in [4.69, 9.17) is 19.1 Å². The maximum atomic E-state index is 6.18. The summed E-state index contributed by atoms with van der Waals surface area (Å²) >= 11 is 0. The molecule has 1 aromatic carbocycles. The SMILES string of the molecule is C[C@H]1COCCN1c1nc2c(c(-c3cc4ccccc4o3)n1)CCNCC2.S. The number of nitrogens with zero attached hydrogens (tertiary/aromatic N) is 3. The van der Waals surface area contributed by atoms with Gasteiger partial charge >= 0.3 is 0 Å². The standard InChI is InChI=1S/C21H24N4O2.H2S/c1-14-13-26-11-10-25(14)21-23-17-7-9-22-8-6-16(17)20(24-21)19-12-15-4-2-3-5-18(15)27-19;/h2-5,12,14,22H,6-11,13H2,1H3;1H2/t14-;/m0./s1. The van der Waals surface area contributed by atoms with Gasteiger partial charge in [-0.15, -0.1) is 0 Å². The molecule has 0 aliphatic carbocycles. The van der Waals surface area contributed by atoms with E-state index in [-0.39, 0.29) is 19.5 Å². The first-order valence-electron chi connectivity index (χ1n) is 9.73. The molecule has 0 unspecified atom stereocenters. The Balaban J connectivity index is 0.00000192. The molecule has 6 nitrogen and oxygen atoms in total. The van der Waals surface area contributed by atoms with Crippen LogP contribution in [0.1, 0.15) is 18.2 Å². The average Bonchev–Trinajstić information content (AvgIpc) is 2.98. The number of furan rings is 1. The summed E-state index contributed by atoms with van der Waals surface area (Å²) in [5.74, 6) is 1.63. The van der Waals surface area contributed by atoms with Gasteiger partial charge in [-0.2, -0.15) is 13.5 Å². The molecule has 0 bridgehead atoms. The van der Waals surface area contributed by atoms with Crippen molar-refractivity contribution in [3.63, 3.8) is 0 Å². The van der Waals surface area contributed by atoms with Crippen molar-refractivity contribution in [1.82, 2.24) is 15.3 Å². The number of morpholine rings is 1. The number of hydrogen-bond donors (Lipinski definition) is 1. The molecular weight excluding hydrogens is 372 g/mol. The first kappa shape index (κ1) is 19.2. The Morgan fingerprint density at radius 2 is 2.00 bits per heavy atom. The lowest BCUT2D eigenvalue weighted by Crippen LogP contribution is -2.44. The molecule has 28 heavy (non-hydrogen) atoms. The lowest BCUT2D eigenvalue weighted by Gasteiger charge is -2.33. The number of hydrogen-bond acceptors (Lipinski definition) is 6. The quantitative estimate of drug-likeness (QED) is 0.716. The molecule has 7 heteroatoms. The van der Waals surface area contributed by atoms with Gasteiger partial charge in [0.05, 0.1) is 24.9 Å². The van der Waals surface area contributed by atoms with Crippen LogP contribution in [0, 0.1) is 0 Å². The molecule has 1 atom stereocenters. The highest BCUT2D eigenvalue weighted by molar-refractivity contribution is 7.59. The van der Waals surface area contributed by atoms with Crippen LogP contribution in [0.5, 0.6) is 0 Å². The molecule has 4 heterocycles. The lowest BCUT2D eigenvalue weighted by atomic mass is 10.0. The zero-order chi connectivity index (χ0) is 18.2. The van der Waals surface area contributed by atoms with Crippen molar-refractivity contribution < 1.29 is 9.15 Å². The predicted octanol–water partition coefficient (Wildman–Crippen LogP) is 2.92. The molecule has 1 fully saturated rings. The van der Waals surface area contributed by atoms with Gasteiger partial charge in [0, 0.05) is 30.5 Å². The van der Waals surface area contributed by atoms with Crippen LogP contribution in [-0.2, 0) is 17.6 Å². The van der Waals surface area contributed by atoms with Gasteiger partial charge in [0.2, 0.25) is 5.95 Å². The molecule has 2 aromatic heterocycles. The van der Waals surface area contributed by atoms with Gasteiger partial charge in [0.15, 0.2) is 5.76 Å². The van der Waals surface area contributed by atoms with Crippen LogP contribution in [0.3, 0.4) is 0 Å². The summed E-state index contributed by atoms with van der Waals surface area (Å²) in [6, 6.07) is 10.5. The third-order valence-corrected chi connectivity index (χ3v) is 5.45. The van der Waals surface area contributed by atoms with Crippen molar-refractivity contribution >= 4 is 30.4 Å². The molecule has 148 valence electrons. The first-order chi connectivity index (χ1) is 13.3. The van der Waals surface area contributed by atoms with E-state index in [2.05, 4.69) is 29.3 Å². The van der Waals surface area contributed by atoms with Crippen molar-refractivity contribution in [3.05, 3.63) is 41.6 Å². The van der Waals surface area contributed by atoms with Crippen molar-refractivity contribution in [2.75, 3.05) is 37.7 Å². The Bertz CT molecular complexity index is 941. The van der Waals surface area contributed by atoms with Crippen molar-refractivity contribution in [2.24, 2.45) is 0 Å². The average molecular weight is 399 g/mol. The third-order valence-electron chi connectivity index (χ3n) is 5.45. The summed E-state index contributed by atoms with van der Waals surface area (Å²) in [7, 11) is 0. The van der Waals surface area contributed by atoms with Crippen LogP contribution in [-0.4, -0.2) is 48.9 Å². The fourth-order valence-electron chi connectivity index (χ4n) is 3.99. The van der Waals surface area contributed by atoms with Crippen LogP contribution in [0.4, 0.5) is 5.95 Å². The Labute approximate surface area is 171 Å². The van der Waals surface area contributed by atoms with E-state index in [0.29, 0.717) is 13.2 Å². The summed E-state index contributed by atoms with van der Waals surface area (Å²) in [4.78, 5) is 12.2. The Morgan fingerprint density at radius 1 is 1.14 bits per heavy atom. The highest BCUT2D eigenvalue weighted by atomic mass is 32.1. The van der Waals surface area contributed by atoms with Gasteiger partial charge in [-0.3, -0.25) is 0 Å². The zero-order valence-corrected chi connectivity index (χ0v) is 17.1. The van der Waals surface area contributed by atoms with Gasteiger partial charge < -0.3 is 19.4 Å². The van der Waals surface area contributed by atoms with Crippen molar-refractivity contribution in [2.45, 2.75) is 25.8 Å². The van der Waals surface area contributed by atoms with Gasteiger partial charge in [-0.1, -0.05) is 18.2 Å². The highest BCUT2D eigenvalue weighted by Crippen LogP contribution is 2.32. The monoisotopic (exact) mass is 398 g/mol. The minimum absolute atomic E-state index is 0.